The maximum atomic E-state index is 10.0. The first-order valence-electron chi connectivity index (χ1n) is 5.12. The Morgan fingerprint density at radius 1 is 0.812 bits per heavy atom. The fourth-order valence-corrected chi connectivity index (χ4v) is 2.88. The first kappa shape index (κ1) is 9.43. The predicted molar refractivity (Wildman–Crippen MR) is 68.9 cm³/mol. The van der Waals surface area contributed by atoms with Crippen LogP contribution in [0.3, 0.4) is 0 Å². The smallest absolute Gasteiger partial charge is 0.180 e. The third-order valence-corrected chi connectivity index (χ3v) is 3.61. The minimum atomic E-state index is 0.396. The number of thiophene rings is 1. The van der Waals surface area contributed by atoms with E-state index < -0.39 is 0 Å². The lowest BCUT2D eigenvalue weighted by Crippen LogP contribution is -1.74. The number of benzene rings is 2. The number of fused-ring (bicyclic) bond motifs is 1. The number of aromatic hydroxyl groups is 1. The summed E-state index contributed by atoms with van der Waals surface area (Å²) in [6.45, 7) is 0. The van der Waals surface area contributed by atoms with Crippen molar-refractivity contribution in [3.63, 3.8) is 0 Å². The Kier molecular flexibility index (Phi) is 2.15. The largest absolute Gasteiger partial charge is 0.499 e. The predicted octanol–water partition coefficient (Wildman–Crippen LogP) is 4.27. The van der Waals surface area contributed by atoms with Gasteiger partial charge in [0.1, 0.15) is 0 Å². The second-order valence-corrected chi connectivity index (χ2v) is 4.68. The molecule has 1 heterocycles. The van der Waals surface area contributed by atoms with Crippen LogP contribution in [0.4, 0.5) is 0 Å². The Hall–Kier alpha value is -1.80. The Labute approximate surface area is 97.6 Å². The van der Waals surface area contributed by atoms with Gasteiger partial charge in [0.15, 0.2) is 5.06 Å². The molecule has 1 N–H and O–H groups in total. The normalized spacial score (nSPS) is 10.8. The molecule has 0 saturated heterocycles. The van der Waals surface area contributed by atoms with Crippen LogP contribution in [0.15, 0.2) is 54.6 Å². The molecule has 0 aliphatic rings. The number of rotatable bonds is 1. The molecule has 0 spiro atoms. The summed E-state index contributed by atoms with van der Waals surface area (Å²) in [4.78, 5) is 0. The van der Waals surface area contributed by atoms with Crippen molar-refractivity contribution < 1.29 is 5.11 Å². The summed E-state index contributed by atoms with van der Waals surface area (Å²) in [6.07, 6.45) is 0. The van der Waals surface area contributed by atoms with Gasteiger partial charge in [-0.25, -0.2) is 0 Å². The van der Waals surface area contributed by atoms with E-state index in [-0.39, 0.29) is 0 Å². The van der Waals surface area contributed by atoms with Crippen LogP contribution in [0.1, 0.15) is 0 Å². The van der Waals surface area contributed by atoms with Crippen molar-refractivity contribution in [1.29, 1.82) is 0 Å². The number of hydrogen-bond donors (Lipinski definition) is 1. The van der Waals surface area contributed by atoms with Gasteiger partial charge in [0.2, 0.25) is 0 Å². The molecule has 0 aliphatic carbocycles. The molecule has 0 bridgehead atoms. The second-order valence-electron chi connectivity index (χ2n) is 3.64. The highest BCUT2D eigenvalue weighted by molar-refractivity contribution is 7.21. The van der Waals surface area contributed by atoms with E-state index in [2.05, 4.69) is 0 Å². The fraction of sp³-hybridized carbons (Fsp3) is 0. The minimum absolute atomic E-state index is 0.396. The molecule has 0 atom stereocenters. The molecule has 0 radical (unpaired) electrons. The van der Waals surface area contributed by atoms with E-state index in [0.29, 0.717) is 5.06 Å². The van der Waals surface area contributed by atoms with Crippen molar-refractivity contribution in [3.05, 3.63) is 54.6 Å². The molecule has 1 nitrogen and oxygen atoms in total. The molecule has 0 saturated carbocycles. The summed E-state index contributed by atoms with van der Waals surface area (Å²) in [5, 5.41) is 11.5. The average molecular weight is 226 g/mol. The maximum Gasteiger partial charge on any atom is 0.180 e. The summed E-state index contributed by atoms with van der Waals surface area (Å²) >= 11 is 1.43. The topological polar surface area (TPSA) is 20.2 Å². The summed E-state index contributed by atoms with van der Waals surface area (Å²) in [7, 11) is 0. The molecular weight excluding hydrogens is 216 g/mol. The molecule has 2 heteroatoms. The van der Waals surface area contributed by atoms with Crippen LogP contribution in [0.2, 0.25) is 0 Å². The standard InChI is InChI=1S/C14H10OS/c15-14-13(10-6-2-1-3-7-10)11-8-4-5-9-12(11)16-14/h1-9,15H. The van der Waals surface area contributed by atoms with Gasteiger partial charge in [-0.2, -0.15) is 0 Å². The monoisotopic (exact) mass is 226 g/mol. The Balaban J connectivity index is 2.35. The SMILES string of the molecule is Oc1sc2ccccc2c1-c1ccccc1. The van der Waals surface area contributed by atoms with Gasteiger partial charge in [-0.15, -0.1) is 0 Å². The van der Waals surface area contributed by atoms with E-state index in [1.165, 1.54) is 11.3 Å². The Morgan fingerprint density at radius 3 is 2.31 bits per heavy atom. The molecule has 3 rings (SSSR count). The molecule has 78 valence electrons. The third-order valence-electron chi connectivity index (χ3n) is 2.64. The molecular formula is C14H10OS. The van der Waals surface area contributed by atoms with E-state index in [0.717, 1.165) is 21.2 Å². The van der Waals surface area contributed by atoms with Gasteiger partial charge < -0.3 is 5.11 Å². The van der Waals surface area contributed by atoms with E-state index in [1.807, 2.05) is 54.6 Å². The Bertz CT molecular complexity index is 626. The quantitative estimate of drug-likeness (QED) is 0.656. The molecule has 1 aromatic heterocycles. The lowest BCUT2D eigenvalue weighted by molar-refractivity contribution is 0.493. The van der Waals surface area contributed by atoms with Crippen LogP contribution >= 0.6 is 11.3 Å². The van der Waals surface area contributed by atoms with Gasteiger partial charge >= 0.3 is 0 Å². The molecule has 0 amide bonds. The minimum Gasteiger partial charge on any atom is -0.499 e. The zero-order valence-corrected chi connectivity index (χ0v) is 9.37. The van der Waals surface area contributed by atoms with Gasteiger partial charge in [0, 0.05) is 15.6 Å². The van der Waals surface area contributed by atoms with Crippen LogP contribution < -0.4 is 0 Å². The third kappa shape index (κ3) is 1.39. The van der Waals surface area contributed by atoms with Crippen LogP contribution in [0.25, 0.3) is 21.2 Å². The zero-order chi connectivity index (χ0) is 11.0. The van der Waals surface area contributed by atoms with Crippen molar-refractivity contribution in [2.24, 2.45) is 0 Å². The van der Waals surface area contributed by atoms with Gasteiger partial charge in [0.25, 0.3) is 0 Å². The van der Waals surface area contributed by atoms with E-state index >= 15 is 0 Å². The summed E-state index contributed by atoms with van der Waals surface area (Å²) in [5.74, 6) is 0. The molecule has 0 aliphatic heterocycles. The van der Waals surface area contributed by atoms with Gasteiger partial charge in [-0.3, -0.25) is 0 Å². The molecule has 0 unspecified atom stereocenters. The van der Waals surface area contributed by atoms with Gasteiger partial charge in [-0.1, -0.05) is 59.9 Å². The highest BCUT2D eigenvalue weighted by Crippen LogP contribution is 2.43. The first-order chi connectivity index (χ1) is 7.86. The summed E-state index contributed by atoms with van der Waals surface area (Å²) < 4.78 is 1.12. The fourth-order valence-electron chi connectivity index (χ4n) is 1.92. The molecule has 3 aromatic rings. The Morgan fingerprint density at radius 2 is 1.50 bits per heavy atom. The van der Waals surface area contributed by atoms with Crippen LogP contribution in [-0.4, -0.2) is 5.11 Å². The molecule has 0 fully saturated rings. The van der Waals surface area contributed by atoms with Crippen molar-refractivity contribution in [3.8, 4) is 16.2 Å². The first-order valence-corrected chi connectivity index (χ1v) is 5.94. The van der Waals surface area contributed by atoms with Crippen LogP contribution in [0.5, 0.6) is 5.06 Å². The van der Waals surface area contributed by atoms with E-state index in [4.69, 9.17) is 0 Å². The lowest BCUT2D eigenvalue weighted by Gasteiger charge is -1.99. The summed E-state index contributed by atoms with van der Waals surface area (Å²) in [6, 6.07) is 18.1. The van der Waals surface area contributed by atoms with E-state index in [1.54, 1.807) is 0 Å². The number of hydrogen-bond acceptors (Lipinski definition) is 2. The van der Waals surface area contributed by atoms with Gasteiger partial charge in [-0.05, 0) is 11.6 Å². The summed E-state index contributed by atoms with van der Waals surface area (Å²) in [5.41, 5.74) is 2.01. The lowest BCUT2D eigenvalue weighted by atomic mass is 10.0. The van der Waals surface area contributed by atoms with Crippen molar-refractivity contribution in [2.75, 3.05) is 0 Å². The molecule has 2 aromatic carbocycles. The molecule has 16 heavy (non-hydrogen) atoms. The van der Waals surface area contributed by atoms with Crippen molar-refractivity contribution >= 4 is 21.4 Å². The van der Waals surface area contributed by atoms with E-state index in [9.17, 15) is 5.11 Å². The van der Waals surface area contributed by atoms with Crippen LogP contribution in [0, 0.1) is 0 Å². The van der Waals surface area contributed by atoms with Gasteiger partial charge in [0.05, 0.1) is 0 Å². The van der Waals surface area contributed by atoms with Crippen molar-refractivity contribution in [1.82, 2.24) is 0 Å². The van der Waals surface area contributed by atoms with Crippen molar-refractivity contribution in [2.45, 2.75) is 0 Å². The zero-order valence-electron chi connectivity index (χ0n) is 8.55. The second kappa shape index (κ2) is 3.65. The average Bonchev–Trinajstić information content (AvgIpc) is 2.66. The maximum absolute atomic E-state index is 10.0. The van der Waals surface area contributed by atoms with Crippen LogP contribution in [-0.2, 0) is 0 Å². The highest BCUT2D eigenvalue weighted by Gasteiger charge is 2.11. The highest BCUT2D eigenvalue weighted by atomic mass is 32.1.